The van der Waals surface area contributed by atoms with Crippen LogP contribution in [0.4, 0.5) is 0 Å². The summed E-state index contributed by atoms with van der Waals surface area (Å²) in [4.78, 5) is 22.5. The SMILES string of the molecule is COCCC1(C(=O)NCC(OC)C(=O)O)CC1. The first-order valence-corrected chi connectivity index (χ1v) is 5.58. The lowest BCUT2D eigenvalue weighted by molar-refractivity contribution is -0.148. The molecule has 0 aliphatic heterocycles. The van der Waals surface area contributed by atoms with Gasteiger partial charge in [0.2, 0.25) is 5.91 Å². The van der Waals surface area contributed by atoms with Crippen molar-refractivity contribution in [3.8, 4) is 0 Å². The molecule has 0 spiro atoms. The minimum absolute atomic E-state index is 0.000596. The third kappa shape index (κ3) is 3.67. The van der Waals surface area contributed by atoms with Gasteiger partial charge in [0.15, 0.2) is 6.10 Å². The monoisotopic (exact) mass is 245 g/mol. The van der Waals surface area contributed by atoms with Crippen LogP contribution in [0.3, 0.4) is 0 Å². The Morgan fingerprint density at radius 1 is 1.41 bits per heavy atom. The molecule has 98 valence electrons. The van der Waals surface area contributed by atoms with E-state index in [1.165, 1.54) is 7.11 Å². The zero-order chi connectivity index (χ0) is 12.9. The van der Waals surface area contributed by atoms with Gasteiger partial charge < -0.3 is 19.9 Å². The molecule has 0 aromatic rings. The third-order valence-corrected chi connectivity index (χ3v) is 3.13. The van der Waals surface area contributed by atoms with Gasteiger partial charge in [0.25, 0.3) is 0 Å². The number of aliphatic carboxylic acids is 1. The van der Waals surface area contributed by atoms with Crippen LogP contribution >= 0.6 is 0 Å². The van der Waals surface area contributed by atoms with Gasteiger partial charge in [0.1, 0.15) is 0 Å². The quantitative estimate of drug-likeness (QED) is 0.629. The summed E-state index contributed by atoms with van der Waals surface area (Å²) in [6.07, 6.45) is 1.37. The fraction of sp³-hybridized carbons (Fsp3) is 0.818. The van der Waals surface area contributed by atoms with E-state index in [2.05, 4.69) is 5.32 Å². The molecule has 0 saturated heterocycles. The molecule has 0 heterocycles. The second-order valence-corrected chi connectivity index (χ2v) is 4.30. The van der Waals surface area contributed by atoms with Gasteiger partial charge in [0, 0.05) is 20.8 Å². The lowest BCUT2D eigenvalue weighted by atomic mass is 10.0. The predicted octanol–water partition coefficient (Wildman–Crippen LogP) is 0.0189. The molecule has 1 aliphatic rings. The maximum atomic E-state index is 11.9. The Kier molecular flexibility index (Phi) is 4.89. The topological polar surface area (TPSA) is 84.9 Å². The molecule has 0 aromatic carbocycles. The van der Waals surface area contributed by atoms with E-state index >= 15 is 0 Å². The normalized spacial score (nSPS) is 18.5. The predicted molar refractivity (Wildman–Crippen MR) is 59.6 cm³/mol. The number of rotatable bonds is 8. The first-order valence-electron chi connectivity index (χ1n) is 5.58. The van der Waals surface area contributed by atoms with E-state index < -0.39 is 12.1 Å². The van der Waals surface area contributed by atoms with Crippen molar-refractivity contribution in [2.24, 2.45) is 5.41 Å². The Bertz CT molecular complexity index is 288. The van der Waals surface area contributed by atoms with E-state index in [1.807, 2.05) is 0 Å². The van der Waals surface area contributed by atoms with Gasteiger partial charge in [-0.1, -0.05) is 0 Å². The third-order valence-electron chi connectivity index (χ3n) is 3.13. The number of carboxylic acids is 1. The van der Waals surface area contributed by atoms with E-state index in [-0.39, 0.29) is 17.9 Å². The standard InChI is InChI=1S/C11H19NO5/c1-16-6-5-11(3-4-11)10(15)12-7-8(17-2)9(13)14/h8H,3-7H2,1-2H3,(H,12,15)(H,13,14). The van der Waals surface area contributed by atoms with E-state index in [9.17, 15) is 9.59 Å². The van der Waals surface area contributed by atoms with E-state index in [0.717, 1.165) is 12.8 Å². The molecule has 6 heteroatoms. The van der Waals surface area contributed by atoms with Crippen molar-refractivity contribution in [1.29, 1.82) is 0 Å². The molecule has 0 radical (unpaired) electrons. The summed E-state index contributed by atoms with van der Waals surface area (Å²) in [6.45, 7) is 0.541. The molecule has 1 fully saturated rings. The number of methoxy groups -OCH3 is 2. The van der Waals surface area contributed by atoms with Gasteiger partial charge in [-0.2, -0.15) is 0 Å². The highest BCUT2D eigenvalue weighted by Crippen LogP contribution is 2.48. The first-order chi connectivity index (χ1) is 8.05. The first kappa shape index (κ1) is 13.9. The molecule has 1 unspecified atom stereocenters. The van der Waals surface area contributed by atoms with Crippen LogP contribution < -0.4 is 5.32 Å². The van der Waals surface area contributed by atoms with Crippen LogP contribution in [0.2, 0.25) is 0 Å². The van der Waals surface area contributed by atoms with Crippen LogP contribution in [-0.4, -0.2) is 50.5 Å². The fourth-order valence-electron chi connectivity index (χ4n) is 1.68. The summed E-state index contributed by atoms with van der Waals surface area (Å²) in [7, 11) is 2.90. The molecular formula is C11H19NO5. The Labute approximate surface area is 100 Å². The molecule has 1 atom stereocenters. The van der Waals surface area contributed by atoms with Gasteiger partial charge in [0.05, 0.1) is 12.0 Å². The zero-order valence-electron chi connectivity index (χ0n) is 10.2. The zero-order valence-corrected chi connectivity index (χ0v) is 10.2. The molecule has 0 bridgehead atoms. The summed E-state index contributed by atoms with van der Waals surface area (Å²) in [5.74, 6) is -1.17. The van der Waals surface area contributed by atoms with E-state index in [1.54, 1.807) is 7.11 Å². The minimum atomic E-state index is -1.07. The summed E-state index contributed by atoms with van der Waals surface area (Å²) in [6, 6.07) is 0. The number of amides is 1. The molecular weight excluding hydrogens is 226 g/mol. The molecule has 1 saturated carbocycles. The Morgan fingerprint density at radius 2 is 2.06 bits per heavy atom. The van der Waals surface area contributed by atoms with Crippen molar-refractivity contribution in [2.75, 3.05) is 27.4 Å². The number of nitrogens with one attached hydrogen (secondary N) is 1. The van der Waals surface area contributed by atoms with Gasteiger partial charge in [-0.3, -0.25) is 4.79 Å². The Hall–Kier alpha value is -1.14. The highest BCUT2D eigenvalue weighted by Gasteiger charge is 2.49. The molecule has 6 nitrogen and oxygen atoms in total. The van der Waals surface area contributed by atoms with Crippen LogP contribution in [-0.2, 0) is 19.1 Å². The van der Waals surface area contributed by atoms with Crippen LogP contribution in [0, 0.1) is 5.41 Å². The summed E-state index contributed by atoms with van der Waals surface area (Å²) in [5, 5.41) is 11.4. The number of carboxylic acid groups (broad SMARTS) is 1. The second kappa shape index (κ2) is 5.97. The van der Waals surface area contributed by atoms with Gasteiger partial charge in [-0.05, 0) is 19.3 Å². The maximum absolute atomic E-state index is 11.9. The molecule has 1 rings (SSSR count). The molecule has 0 aromatic heterocycles. The molecule has 1 aliphatic carbocycles. The molecule has 2 N–H and O–H groups in total. The van der Waals surface area contributed by atoms with Gasteiger partial charge in [-0.15, -0.1) is 0 Å². The number of carbonyl (C=O) groups is 2. The summed E-state index contributed by atoms with van der Waals surface area (Å²) in [5.41, 5.74) is -0.340. The number of ether oxygens (including phenoxy) is 2. The second-order valence-electron chi connectivity index (χ2n) is 4.30. The number of carbonyl (C=O) groups excluding carboxylic acids is 1. The van der Waals surface area contributed by atoms with Crippen molar-refractivity contribution >= 4 is 11.9 Å². The largest absolute Gasteiger partial charge is 0.479 e. The van der Waals surface area contributed by atoms with Crippen molar-refractivity contribution < 1.29 is 24.2 Å². The number of hydrogen-bond donors (Lipinski definition) is 2. The van der Waals surface area contributed by atoms with Crippen LogP contribution in [0.5, 0.6) is 0 Å². The summed E-state index contributed by atoms with van der Waals surface area (Å²) >= 11 is 0. The molecule has 1 amide bonds. The van der Waals surface area contributed by atoms with Crippen LogP contribution in [0.1, 0.15) is 19.3 Å². The van der Waals surface area contributed by atoms with E-state index in [0.29, 0.717) is 13.0 Å². The highest BCUT2D eigenvalue weighted by atomic mass is 16.5. The lowest BCUT2D eigenvalue weighted by Crippen LogP contribution is -2.41. The number of hydrogen-bond acceptors (Lipinski definition) is 4. The van der Waals surface area contributed by atoms with Crippen molar-refractivity contribution in [3.63, 3.8) is 0 Å². The Balaban J connectivity index is 2.36. The van der Waals surface area contributed by atoms with Crippen LogP contribution in [0.25, 0.3) is 0 Å². The fourth-order valence-corrected chi connectivity index (χ4v) is 1.68. The minimum Gasteiger partial charge on any atom is -0.479 e. The van der Waals surface area contributed by atoms with Crippen molar-refractivity contribution in [3.05, 3.63) is 0 Å². The van der Waals surface area contributed by atoms with Gasteiger partial charge in [-0.25, -0.2) is 4.79 Å². The maximum Gasteiger partial charge on any atom is 0.334 e. The average Bonchev–Trinajstić information content (AvgIpc) is 3.07. The highest BCUT2D eigenvalue weighted by molar-refractivity contribution is 5.85. The Morgan fingerprint density at radius 3 is 2.47 bits per heavy atom. The lowest BCUT2D eigenvalue weighted by Gasteiger charge is -2.17. The molecule has 17 heavy (non-hydrogen) atoms. The van der Waals surface area contributed by atoms with Crippen LogP contribution in [0.15, 0.2) is 0 Å². The van der Waals surface area contributed by atoms with Crippen molar-refractivity contribution in [2.45, 2.75) is 25.4 Å². The van der Waals surface area contributed by atoms with E-state index in [4.69, 9.17) is 14.6 Å². The average molecular weight is 245 g/mol. The van der Waals surface area contributed by atoms with Crippen molar-refractivity contribution in [1.82, 2.24) is 5.32 Å². The van der Waals surface area contributed by atoms with Gasteiger partial charge >= 0.3 is 5.97 Å². The smallest absolute Gasteiger partial charge is 0.334 e. The summed E-state index contributed by atoms with van der Waals surface area (Å²) < 4.78 is 9.69.